The van der Waals surface area contributed by atoms with Gasteiger partial charge in [0, 0.05) is 19.7 Å². The van der Waals surface area contributed by atoms with Crippen LogP contribution in [0.15, 0.2) is 60.1 Å². The number of carboxylic acid groups (broad SMARTS) is 1. The van der Waals surface area contributed by atoms with Crippen LogP contribution in [0.1, 0.15) is 6.92 Å². The predicted molar refractivity (Wildman–Crippen MR) is 95.5 cm³/mol. The number of nitrogens with zero attached hydrogens (tertiary/aromatic N) is 1. The molecule has 0 atom stereocenters. The van der Waals surface area contributed by atoms with E-state index in [1.807, 2.05) is 36.4 Å². The molecule has 1 heterocycles. The third-order valence-corrected chi connectivity index (χ3v) is 3.60. The van der Waals surface area contributed by atoms with Crippen molar-refractivity contribution in [2.24, 2.45) is 0 Å². The smallest absolute Gasteiger partial charge is 0.359 e. The highest BCUT2D eigenvalue weighted by Crippen LogP contribution is 2.25. The van der Waals surface area contributed by atoms with Crippen LogP contribution in [-0.4, -0.2) is 29.1 Å². The van der Waals surface area contributed by atoms with Gasteiger partial charge < -0.3 is 15.2 Å². The van der Waals surface area contributed by atoms with E-state index in [9.17, 15) is 9.59 Å². The highest BCUT2D eigenvalue weighted by Gasteiger charge is 2.25. The Kier molecular flexibility index (Phi) is 4.76. The molecule has 4 N–H and O–H groups in total. The summed E-state index contributed by atoms with van der Waals surface area (Å²) < 4.78 is 5.61. The number of hydrazine groups is 2. The summed E-state index contributed by atoms with van der Waals surface area (Å²) in [4.78, 5) is 22.2. The first-order valence-electron chi connectivity index (χ1n) is 7.83. The average Bonchev–Trinajstić information content (AvgIpc) is 2.96. The van der Waals surface area contributed by atoms with Gasteiger partial charge in [-0.15, -0.1) is 5.12 Å². The number of hydrogen-bond donors (Lipinski definition) is 4. The summed E-state index contributed by atoms with van der Waals surface area (Å²) in [6.07, 6.45) is 0. The summed E-state index contributed by atoms with van der Waals surface area (Å²) in [7, 11) is 1.63. The summed E-state index contributed by atoms with van der Waals surface area (Å²) in [5, 5.41) is 13.3. The molecule has 0 unspecified atom stereocenters. The Balaban J connectivity index is 1.73. The molecule has 0 fully saturated rings. The fraction of sp³-hybridized carbons (Fsp3) is 0.111. The number of ether oxygens (including phenoxy) is 1. The summed E-state index contributed by atoms with van der Waals surface area (Å²) in [5.41, 5.74) is 8.01. The Morgan fingerprint density at radius 1 is 1.00 bits per heavy atom. The second-order valence-corrected chi connectivity index (χ2v) is 5.68. The Morgan fingerprint density at radius 2 is 1.58 bits per heavy atom. The molecule has 26 heavy (non-hydrogen) atoms. The van der Waals surface area contributed by atoms with Gasteiger partial charge in [-0.2, -0.15) is 0 Å². The van der Waals surface area contributed by atoms with Crippen molar-refractivity contribution in [1.82, 2.24) is 16.0 Å². The average molecular weight is 354 g/mol. The minimum atomic E-state index is -1.12. The molecule has 0 aliphatic carbocycles. The van der Waals surface area contributed by atoms with Crippen LogP contribution in [0.4, 0.5) is 5.69 Å². The Hall–Kier alpha value is -3.52. The van der Waals surface area contributed by atoms with E-state index in [0.29, 0.717) is 5.75 Å². The second-order valence-electron chi connectivity index (χ2n) is 5.68. The first kappa shape index (κ1) is 17.3. The Labute approximate surface area is 150 Å². The minimum Gasteiger partial charge on any atom is -0.476 e. The number of carbonyl (C=O) groups is 2. The van der Waals surface area contributed by atoms with E-state index in [1.54, 1.807) is 19.2 Å². The number of hydrogen-bond acceptors (Lipinski definition) is 6. The lowest BCUT2D eigenvalue weighted by Crippen LogP contribution is -2.37. The van der Waals surface area contributed by atoms with Gasteiger partial charge in [-0.05, 0) is 35.4 Å². The van der Waals surface area contributed by atoms with Crippen molar-refractivity contribution < 1.29 is 19.4 Å². The summed E-state index contributed by atoms with van der Waals surface area (Å²) in [5.74, 6) is -0.614. The Morgan fingerprint density at radius 3 is 2.12 bits per heavy atom. The van der Waals surface area contributed by atoms with E-state index < -0.39 is 5.97 Å². The maximum absolute atomic E-state index is 11.2. The number of anilines is 1. The lowest BCUT2D eigenvalue weighted by atomic mass is 10.1. The maximum atomic E-state index is 11.2. The van der Waals surface area contributed by atoms with Crippen LogP contribution in [0.2, 0.25) is 0 Å². The highest BCUT2D eigenvalue weighted by molar-refractivity contribution is 5.89. The minimum absolute atomic E-state index is 0.0647. The van der Waals surface area contributed by atoms with Gasteiger partial charge in [0.05, 0.1) is 0 Å². The van der Waals surface area contributed by atoms with Gasteiger partial charge in [-0.3, -0.25) is 15.6 Å². The first-order valence-corrected chi connectivity index (χ1v) is 7.83. The van der Waals surface area contributed by atoms with Gasteiger partial charge in [0.15, 0.2) is 5.70 Å². The number of benzene rings is 2. The van der Waals surface area contributed by atoms with E-state index in [-0.39, 0.29) is 17.5 Å². The van der Waals surface area contributed by atoms with Crippen LogP contribution in [0.5, 0.6) is 5.75 Å². The number of amides is 1. The first-order chi connectivity index (χ1) is 12.4. The lowest BCUT2D eigenvalue weighted by Gasteiger charge is -2.11. The van der Waals surface area contributed by atoms with Crippen LogP contribution < -0.4 is 20.9 Å². The fourth-order valence-electron chi connectivity index (χ4n) is 2.46. The van der Waals surface area contributed by atoms with Crippen molar-refractivity contribution in [1.29, 1.82) is 0 Å². The zero-order valence-corrected chi connectivity index (χ0v) is 14.2. The molecule has 0 saturated heterocycles. The van der Waals surface area contributed by atoms with E-state index in [1.165, 1.54) is 12.0 Å². The van der Waals surface area contributed by atoms with E-state index >= 15 is 0 Å². The molecule has 134 valence electrons. The van der Waals surface area contributed by atoms with Gasteiger partial charge in [-0.25, -0.2) is 4.79 Å². The number of rotatable bonds is 5. The molecule has 2 aromatic rings. The molecular formula is C18H18N4O4. The second kappa shape index (κ2) is 7.16. The number of nitrogens with one attached hydrogen (secondary N) is 3. The monoisotopic (exact) mass is 354 g/mol. The molecule has 0 radical (unpaired) electrons. The largest absolute Gasteiger partial charge is 0.476 e. The maximum Gasteiger partial charge on any atom is 0.359 e. The predicted octanol–water partition coefficient (Wildman–Crippen LogP) is 1.90. The third-order valence-electron chi connectivity index (χ3n) is 3.60. The van der Waals surface area contributed by atoms with Crippen LogP contribution in [0.25, 0.3) is 11.1 Å². The van der Waals surface area contributed by atoms with Gasteiger partial charge in [-0.1, -0.05) is 24.3 Å². The molecule has 1 amide bonds. The van der Waals surface area contributed by atoms with Crippen molar-refractivity contribution in [2.45, 2.75) is 6.92 Å². The van der Waals surface area contributed by atoms with Crippen LogP contribution in [0, 0.1) is 0 Å². The quantitative estimate of drug-likeness (QED) is 0.650. The van der Waals surface area contributed by atoms with Crippen molar-refractivity contribution >= 4 is 17.6 Å². The molecular weight excluding hydrogens is 336 g/mol. The normalized spacial score (nSPS) is 13.8. The molecule has 3 rings (SSSR count). The molecule has 8 nitrogen and oxygen atoms in total. The van der Waals surface area contributed by atoms with Crippen LogP contribution in [-0.2, 0) is 9.59 Å². The van der Waals surface area contributed by atoms with Crippen molar-refractivity contribution in [2.75, 3.05) is 12.4 Å². The van der Waals surface area contributed by atoms with E-state index in [0.717, 1.165) is 16.8 Å². The molecule has 0 saturated carbocycles. The summed E-state index contributed by atoms with van der Waals surface area (Å²) >= 11 is 0. The van der Waals surface area contributed by atoms with E-state index in [2.05, 4.69) is 16.2 Å². The molecule has 1 aliphatic rings. The standard InChI is InChI=1S/C18H18N4O4/c1-11(23)19-14-7-3-12(4-8-14)13-5-9-15(10-6-13)26-17-16(18(24)25)20-22(2)21-17/h3-10,20-21H,1-2H3,(H,19,23)(H,24,25). The van der Waals surface area contributed by atoms with Gasteiger partial charge in [0.1, 0.15) is 5.75 Å². The molecule has 1 aliphatic heterocycles. The van der Waals surface area contributed by atoms with Crippen molar-refractivity contribution in [3.8, 4) is 16.9 Å². The molecule has 0 aromatic heterocycles. The summed E-state index contributed by atoms with van der Waals surface area (Å²) in [6, 6.07) is 14.7. The van der Waals surface area contributed by atoms with Crippen LogP contribution in [0.3, 0.4) is 0 Å². The highest BCUT2D eigenvalue weighted by atomic mass is 16.5. The topological polar surface area (TPSA) is 103 Å². The molecule has 8 heteroatoms. The van der Waals surface area contributed by atoms with E-state index in [4.69, 9.17) is 9.84 Å². The van der Waals surface area contributed by atoms with Crippen LogP contribution >= 0.6 is 0 Å². The number of carboxylic acids is 1. The van der Waals surface area contributed by atoms with Gasteiger partial charge in [0.25, 0.3) is 0 Å². The number of aliphatic carboxylic acids is 1. The SMILES string of the molecule is CC(=O)Nc1ccc(-c2ccc(OC3=C(C(=O)O)NN(C)N3)cc2)cc1. The Bertz CT molecular complexity index is 860. The van der Waals surface area contributed by atoms with Crippen molar-refractivity contribution in [3.63, 3.8) is 0 Å². The zero-order chi connectivity index (χ0) is 18.7. The molecule has 2 aromatic carbocycles. The molecule has 0 spiro atoms. The van der Waals surface area contributed by atoms with Crippen molar-refractivity contribution in [3.05, 3.63) is 60.1 Å². The third kappa shape index (κ3) is 3.93. The summed E-state index contributed by atoms with van der Waals surface area (Å²) in [6.45, 7) is 1.46. The fourth-order valence-corrected chi connectivity index (χ4v) is 2.46. The van der Waals surface area contributed by atoms with Gasteiger partial charge >= 0.3 is 5.97 Å². The lowest BCUT2D eigenvalue weighted by molar-refractivity contribution is -0.133. The number of carbonyl (C=O) groups excluding carboxylic acids is 1. The van der Waals surface area contributed by atoms with Gasteiger partial charge in [0.2, 0.25) is 11.8 Å². The zero-order valence-electron chi connectivity index (χ0n) is 14.2. The molecule has 0 bridgehead atoms.